The van der Waals surface area contributed by atoms with Crippen molar-refractivity contribution < 1.29 is 33.7 Å². The van der Waals surface area contributed by atoms with E-state index in [-0.39, 0.29) is 48.0 Å². The molecule has 1 heterocycles. The highest BCUT2D eigenvalue weighted by Crippen LogP contribution is 2.29. The molecule has 3 N–H and O–H groups in total. The van der Waals surface area contributed by atoms with Crippen LogP contribution >= 0.6 is 0 Å². The Kier molecular flexibility index (Phi) is 13.9. The number of likely N-dealkylation sites (N-methyl/N-ethyl adjacent to an activating group) is 1. The predicted molar refractivity (Wildman–Crippen MR) is 187 cm³/mol. The predicted octanol–water partition coefficient (Wildman–Crippen LogP) is 6.17. The van der Waals surface area contributed by atoms with E-state index in [1.165, 1.54) is 6.42 Å². The number of nitrogens with one attached hydrogen (secondary N) is 2. The van der Waals surface area contributed by atoms with Crippen LogP contribution in [0.3, 0.4) is 0 Å². The number of urea groups is 1. The number of aliphatic hydroxyl groups excluding tert-OH is 1. The highest BCUT2D eigenvalue weighted by Gasteiger charge is 2.32. The van der Waals surface area contributed by atoms with Gasteiger partial charge in [0.05, 0.1) is 37.5 Å². The van der Waals surface area contributed by atoms with Gasteiger partial charge in [0.1, 0.15) is 11.5 Å². The van der Waals surface area contributed by atoms with E-state index >= 15 is 0 Å². The van der Waals surface area contributed by atoms with Crippen molar-refractivity contribution >= 4 is 29.2 Å². The zero-order valence-corrected chi connectivity index (χ0v) is 29.2. The lowest BCUT2D eigenvalue weighted by atomic mass is 9.88. The number of carbonyl (C=O) groups excluding carboxylic acids is 3. The molecule has 4 rings (SSSR count). The number of aliphatic hydroxyl groups is 1. The molecule has 4 amide bonds. The summed E-state index contributed by atoms with van der Waals surface area (Å²) in [5, 5.41) is 15.9. The summed E-state index contributed by atoms with van der Waals surface area (Å²) < 4.78 is 17.9. The molecule has 4 atom stereocenters. The van der Waals surface area contributed by atoms with Crippen LogP contribution in [0.4, 0.5) is 16.2 Å². The molecule has 0 aromatic heterocycles. The Bertz CT molecular complexity index is 1350. The monoisotopic (exact) mass is 666 g/mol. The molecule has 11 heteroatoms. The number of hydrogen-bond donors (Lipinski definition) is 3. The van der Waals surface area contributed by atoms with Crippen LogP contribution < -0.4 is 20.1 Å². The van der Waals surface area contributed by atoms with Gasteiger partial charge >= 0.3 is 6.03 Å². The third-order valence-corrected chi connectivity index (χ3v) is 9.44. The van der Waals surface area contributed by atoms with E-state index in [1.807, 2.05) is 25.8 Å². The number of benzene rings is 2. The van der Waals surface area contributed by atoms with E-state index in [0.717, 1.165) is 44.9 Å². The average Bonchev–Trinajstić information content (AvgIpc) is 3.09. The molecule has 1 saturated carbocycles. The first kappa shape index (κ1) is 37.0. The fourth-order valence-corrected chi connectivity index (χ4v) is 6.45. The largest absolute Gasteiger partial charge is 0.497 e. The number of fused-ring (bicyclic) bond motifs is 1. The first-order chi connectivity index (χ1) is 23.1. The maximum absolute atomic E-state index is 14.4. The molecule has 0 saturated heterocycles. The second-order valence-electron chi connectivity index (χ2n) is 13.4. The summed E-state index contributed by atoms with van der Waals surface area (Å²) in [5.74, 6) is 0.842. The Morgan fingerprint density at radius 2 is 1.67 bits per heavy atom. The zero-order valence-electron chi connectivity index (χ0n) is 29.2. The van der Waals surface area contributed by atoms with Gasteiger partial charge in [-0.15, -0.1) is 0 Å². The molecule has 0 bridgehead atoms. The second-order valence-corrected chi connectivity index (χ2v) is 13.4. The summed E-state index contributed by atoms with van der Waals surface area (Å²) >= 11 is 0. The number of nitrogens with zero attached hydrogens (tertiary/aromatic N) is 2. The lowest BCUT2D eigenvalue weighted by molar-refractivity contribution is -0.137. The van der Waals surface area contributed by atoms with E-state index < -0.39 is 12.1 Å². The van der Waals surface area contributed by atoms with Gasteiger partial charge in [-0.2, -0.15) is 0 Å². The zero-order chi connectivity index (χ0) is 34.6. The van der Waals surface area contributed by atoms with Crippen LogP contribution in [0.1, 0.15) is 82.5 Å². The highest BCUT2D eigenvalue weighted by atomic mass is 16.5. The fraction of sp³-hybridized carbons (Fsp3) is 0.595. The third kappa shape index (κ3) is 10.3. The maximum atomic E-state index is 14.4. The van der Waals surface area contributed by atoms with Crippen molar-refractivity contribution in [3.05, 3.63) is 48.0 Å². The van der Waals surface area contributed by atoms with Gasteiger partial charge in [0, 0.05) is 50.0 Å². The van der Waals surface area contributed by atoms with Gasteiger partial charge in [0.25, 0.3) is 5.91 Å². The molecule has 0 unspecified atom stereocenters. The topological polar surface area (TPSA) is 130 Å². The summed E-state index contributed by atoms with van der Waals surface area (Å²) in [6, 6.07) is 11.0. The minimum Gasteiger partial charge on any atom is -0.497 e. The fourth-order valence-electron chi connectivity index (χ4n) is 6.45. The van der Waals surface area contributed by atoms with Crippen LogP contribution in [-0.4, -0.2) is 91.5 Å². The Labute approximate surface area is 285 Å². The summed E-state index contributed by atoms with van der Waals surface area (Å²) in [7, 11) is 3.43. The van der Waals surface area contributed by atoms with E-state index in [9.17, 15) is 19.5 Å². The molecule has 1 aliphatic heterocycles. The number of methoxy groups -OCH3 is 1. The normalized spacial score (nSPS) is 22.0. The number of carbonyl (C=O) groups is 3. The molecule has 264 valence electrons. The van der Waals surface area contributed by atoms with Crippen molar-refractivity contribution in [1.29, 1.82) is 0 Å². The Hall–Kier alpha value is -3.83. The van der Waals surface area contributed by atoms with Crippen molar-refractivity contribution in [2.75, 3.05) is 51.1 Å². The van der Waals surface area contributed by atoms with Gasteiger partial charge in [0.2, 0.25) is 5.91 Å². The van der Waals surface area contributed by atoms with Gasteiger partial charge in [-0.25, -0.2) is 4.79 Å². The number of hydrogen-bond acceptors (Lipinski definition) is 7. The van der Waals surface area contributed by atoms with Crippen LogP contribution in [0.5, 0.6) is 11.5 Å². The van der Waals surface area contributed by atoms with Gasteiger partial charge in [-0.3, -0.25) is 9.59 Å². The smallest absolute Gasteiger partial charge is 0.323 e. The highest BCUT2D eigenvalue weighted by molar-refractivity contribution is 6.02. The molecular formula is C37H54N4O7. The molecular weight excluding hydrogens is 612 g/mol. The van der Waals surface area contributed by atoms with Crippen molar-refractivity contribution in [2.45, 2.75) is 90.4 Å². The van der Waals surface area contributed by atoms with Crippen molar-refractivity contribution in [3.8, 4) is 11.5 Å². The number of amides is 4. The van der Waals surface area contributed by atoms with Gasteiger partial charge in [-0.05, 0) is 88.4 Å². The van der Waals surface area contributed by atoms with Crippen molar-refractivity contribution in [3.63, 3.8) is 0 Å². The SMILES string of the molecule is COc1ccc(NC(=O)Nc2ccc3c(c2)C(=O)N([C@H](C)CO)C[C@@H](C)[C@@H](CN(C)C(=O)C2CCCCC2)OCCCC[C@@H](C)O3)cc1. The summed E-state index contributed by atoms with van der Waals surface area (Å²) in [5.41, 5.74) is 1.29. The Morgan fingerprint density at radius 1 is 1.00 bits per heavy atom. The van der Waals surface area contributed by atoms with Crippen LogP contribution in [0, 0.1) is 11.8 Å². The van der Waals surface area contributed by atoms with E-state index in [2.05, 4.69) is 10.6 Å². The van der Waals surface area contributed by atoms with Crippen LogP contribution in [0.25, 0.3) is 0 Å². The second kappa shape index (κ2) is 18.1. The summed E-state index contributed by atoms with van der Waals surface area (Å²) in [6.07, 6.45) is 7.23. The van der Waals surface area contributed by atoms with E-state index in [4.69, 9.17) is 14.2 Å². The van der Waals surface area contributed by atoms with Crippen molar-refractivity contribution in [1.82, 2.24) is 9.80 Å². The van der Waals surface area contributed by atoms with Gasteiger partial charge in [-0.1, -0.05) is 26.2 Å². The Morgan fingerprint density at radius 3 is 2.35 bits per heavy atom. The van der Waals surface area contributed by atoms with Crippen LogP contribution in [-0.2, 0) is 9.53 Å². The minimum absolute atomic E-state index is 0.0594. The standard InChI is InChI=1S/C37H54N4O7/c1-25-22-41(26(2)24-42)36(44)32-21-30(39-37(45)38-29-14-17-31(46-5)18-15-29)16-19-33(32)48-27(3)11-9-10-20-47-34(25)23-40(4)35(43)28-12-7-6-8-13-28/h14-19,21,25-28,34,42H,6-13,20,22-24H2,1-5H3,(H2,38,39,45)/t25-,26-,27-,34-/m1/s1. The van der Waals surface area contributed by atoms with Gasteiger partial charge < -0.3 is 39.8 Å². The summed E-state index contributed by atoms with van der Waals surface area (Å²) in [6.45, 7) is 6.83. The van der Waals surface area contributed by atoms with Crippen LogP contribution in [0.2, 0.25) is 0 Å². The minimum atomic E-state index is -0.504. The van der Waals surface area contributed by atoms with Gasteiger partial charge in [0.15, 0.2) is 0 Å². The van der Waals surface area contributed by atoms with E-state index in [0.29, 0.717) is 42.6 Å². The average molecular weight is 667 g/mol. The Balaban J connectivity index is 1.57. The lowest BCUT2D eigenvalue weighted by Crippen LogP contribution is -2.48. The molecule has 2 aliphatic rings. The molecule has 1 fully saturated rings. The third-order valence-electron chi connectivity index (χ3n) is 9.44. The molecule has 2 aromatic carbocycles. The molecule has 11 nitrogen and oxygen atoms in total. The number of rotatable bonds is 8. The van der Waals surface area contributed by atoms with E-state index in [1.54, 1.807) is 61.4 Å². The van der Waals surface area contributed by atoms with Crippen LogP contribution in [0.15, 0.2) is 42.5 Å². The first-order valence-corrected chi connectivity index (χ1v) is 17.4. The molecule has 2 aromatic rings. The lowest BCUT2D eigenvalue weighted by Gasteiger charge is -2.36. The molecule has 48 heavy (non-hydrogen) atoms. The maximum Gasteiger partial charge on any atom is 0.323 e. The summed E-state index contributed by atoms with van der Waals surface area (Å²) in [4.78, 5) is 44.1. The van der Waals surface area contributed by atoms with Crippen molar-refractivity contribution in [2.24, 2.45) is 11.8 Å². The molecule has 0 radical (unpaired) electrons. The quantitative estimate of drug-likeness (QED) is 0.307. The number of anilines is 2. The first-order valence-electron chi connectivity index (χ1n) is 17.4. The molecule has 1 aliphatic carbocycles. The number of ether oxygens (including phenoxy) is 3. The molecule has 0 spiro atoms.